The predicted octanol–water partition coefficient (Wildman–Crippen LogP) is -0.465. The van der Waals surface area contributed by atoms with Gasteiger partial charge in [-0.3, -0.25) is 4.79 Å². The van der Waals surface area contributed by atoms with Crippen molar-refractivity contribution in [2.75, 3.05) is 25.1 Å². The van der Waals surface area contributed by atoms with Crippen LogP contribution in [0.1, 0.15) is 20.3 Å². The molecule has 0 spiro atoms. The maximum atomic E-state index is 11.3. The molecular weight excluding hydrogens is 216 g/mol. The van der Waals surface area contributed by atoms with E-state index < -0.39 is 9.84 Å². The van der Waals surface area contributed by atoms with Crippen LogP contribution in [0.2, 0.25) is 0 Å². The van der Waals surface area contributed by atoms with Crippen molar-refractivity contribution in [3.8, 4) is 0 Å². The van der Waals surface area contributed by atoms with Crippen molar-refractivity contribution < 1.29 is 13.2 Å². The van der Waals surface area contributed by atoms with E-state index in [1.807, 2.05) is 6.92 Å². The fourth-order valence-corrected chi connectivity index (χ4v) is 2.21. The molecule has 0 radical (unpaired) electrons. The van der Waals surface area contributed by atoms with Crippen LogP contribution in [0.4, 0.5) is 0 Å². The molecule has 1 amide bonds. The smallest absolute Gasteiger partial charge is 0.221 e. The molecule has 0 aliphatic carbocycles. The number of amides is 1. The van der Waals surface area contributed by atoms with Crippen LogP contribution in [0.25, 0.3) is 0 Å². The summed E-state index contributed by atoms with van der Waals surface area (Å²) in [6.45, 7) is 5.09. The summed E-state index contributed by atoms with van der Waals surface area (Å²) in [5.74, 6) is -0.132. The number of sulfone groups is 1. The van der Waals surface area contributed by atoms with Gasteiger partial charge in [0.25, 0.3) is 0 Å². The lowest BCUT2D eigenvalue weighted by molar-refractivity contribution is -0.121. The number of carbonyl (C=O) groups excluding carboxylic acids is 1. The Morgan fingerprint density at radius 1 is 1.40 bits per heavy atom. The van der Waals surface area contributed by atoms with Gasteiger partial charge in [0.1, 0.15) is 9.84 Å². The minimum Gasteiger partial charge on any atom is -0.353 e. The minimum atomic E-state index is -3.02. The highest BCUT2D eigenvalue weighted by Crippen LogP contribution is 1.91. The normalized spacial score (nSPS) is 13.5. The Kier molecular flexibility index (Phi) is 6.51. The number of hydrogen-bond acceptors (Lipinski definition) is 4. The average molecular weight is 236 g/mol. The van der Waals surface area contributed by atoms with Gasteiger partial charge in [-0.05, 0) is 13.5 Å². The first kappa shape index (κ1) is 14.4. The third-order valence-electron chi connectivity index (χ3n) is 1.74. The maximum Gasteiger partial charge on any atom is 0.221 e. The molecule has 0 fully saturated rings. The summed E-state index contributed by atoms with van der Waals surface area (Å²) in [5, 5.41) is 5.66. The molecule has 5 nitrogen and oxygen atoms in total. The molecule has 0 aliphatic heterocycles. The van der Waals surface area contributed by atoms with Gasteiger partial charge in [-0.2, -0.15) is 0 Å². The molecular formula is C9H20N2O3S. The van der Waals surface area contributed by atoms with Crippen LogP contribution >= 0.6 is 0 Å². The van der Waals surface area contributed by atoms with Crippen molar-refractivity contribution >= 4 is 15.7 Å². The number of nitrogens with one attached hydrogen (secondary N) is 2. The minimum absolute atomic E-state index is 0.0139. The zero-order chi connectivity index (χ0) is 11.9. The van der Waals surface area contributed by atoms with Gasteiger partial charge < -0.3 is 10.6 Å². The highest BCUT2D eigenvalue weighted by Gasteiger charge is 2.12. The zero-order valence-corrected chi connectivity index (χ0v) is 10.4. The van der Waals surface area contributed by atoms with Crippen molar-refractivity contribution in [2.45, 2.75) is 26.3 Å². The molecule has 0 aromatic carbocycles. The fraction of sp³-hybridized carbons (Fsp3) is 0.889. The van der Waals surface area contributed by atoms with Gasteiger partial charge in [0.15, 0.2) is 0 Å². The summed E-state index contributed by atoms with van der Waals surface area (Å²) < 4.78 is 21.8. The number of carbonyl (C=O) groups is 1. The highest BCUT2D eigenvalue weighted by atomic mass is 32.2. The quantitative estimate of drug-likeness (QED) is 0.586. The van der Waals surface area contributed by atoms with Gasteiger partial charge in [-0.15, -0.1) is 0 Å². The summed E-state index contributed by atoms with van der Waals surface area (Å²) in [6.07, 6.45) is 1.54. The number of rotatable bonds is 7. The second kappa shape index (κ2) is 6.79. The standard InChI is InChI=1S/C9H20N2O3S/c1-4-10-6-5-9(12)11-8(2)7-15(3,13)14/h8,10H,4-7H2,1-3H3,(H,11,12). The largest absolute Gasteiger partial charge is 0.353 e. The average Bonchev–Trinajstić information content (AvgIpc) is 2.00. The second-order valence-corrected chi connectivity index (χ2v) is 5.85. The van der Waals surface area contributed by atoms with Crippen molar-refractivity contribution in [1.82, 2.24) is 10.6 Å². The fourth-order valence-electron chi connectivity index (χ4n) is 1.22. The first-order valence-corrected chi connectivity index (χ1v) is 7.09. The lowest BCUT2D eigenvalue weighted by Crippen LogP contribution is -2.38. The molecule has 1 unspecified atom stereocenters. The maximum absolute atomic E-state index is 11.3. The van der Waals surface area contributed by atoms with E-state index in [4.69, 9.17) is 0 Å². The van der Waals surface area contributed by atoms with E-state index in [0.29, 0.717) is 13.0 Å². The van der Waals surface area contributed by atoms with E-state index in [0.717, 1.165) is 12.8 Å². The summed E-state index contributed by atoms with van der Waals surface area (Å²) in [4.78, 5) is 11.3. The van der Waals surface area contributed by atoms with Crippen LogP contribution in [0.3, 0.4) is 0 Å². The lowest BCUT2D eigenvalue weighted by Gasteiger charge is -2.12. The van der Waals surface area contributed by atoms with E-state index >= 15 is 0 Å². The molecule has 0 aliphatic rings. The van der Waals surface area contributed by atoms with Gasteiger partial charge in [-0.25, -0.2) is 8.42 Å². The Hall–Kier alpha value is -0.620. The Morgan fingerprint density at radius 3 is 2.47 bits per heavy atom. The molecule has 2 N–H and O–H groups in total. The monoisotopic (exact) mass is 236 g/mol. The first-order valence-electron chi connectivity index (χ1n) is 5.03. The molecule has 1 atom stereocenters. The Bertz CT molecular complexity index is 288. The van der Waals surface area contributed by atoms with Gasteiger partial charge in [0.2, 0.25) is 5.91 Å². The summed E-state index contributed by atoms with van der Waals surface area (Å²) in [5.41, 5.74) is 0. The third-order valence-corrected chi connectivity index (χ3v) is 2.84. The topological polar surface area (TPSA) is 75.3 Å². The molecule has 0 heterocycles. The van der Waals surface area contributed by atoms with E-state index in [1.165, 1.54) is 0 Å². The van der Waals surface area contributed by atoms with E-state index in [1.54, 1.807) is 6.92 Å². The van der Waals surface area contributed by atoms with E-state index in [-0.39, 0.29) is 17.7 Å². The van der Waals surface area contributed by atoms with Crippen molar-refractivity contribution in [3.05, 3.63) is 0 Å². The predicted molar refractivity (Wildman–Crippen MR) is 60.5 cm³/mol. The van der Waals surface area contributed by atoms with Crippen molar-refractivity contribution in [2.24, 2.45) is 0 Å². The first-order chi connectivity index (χ1) is 6.85. The Morgan fingerprint density at radius 2 is 2.00 bits per heavy atom. The molecule has 0 aromatic heterocycles. The molecule has 0 bridgehead atoms. The molecule has 15 heavy (non-hydrogen) atoms. The Labute approximate surface area is 91.5 Å². The molecule has 6 heteroatoms. The van der Waals surface area contributed by atoms with Gasteiger partial charge >= 0.3 is 0 Å². The van der Waals surface area contributed by atoms with Gasteiger partial charge in [0, 0.05) is 25.3 Å². The number of hydrogen-bond donors (Lipinski definition) is 2. The van der Waals surface area contributed by atoms with Crippen LogP contribution < -0.4 is 10.6 Å². The van der Waals surface area contributed by atoms with Crippen LogP contribution in [0.15, 0.2) is 0 Å². The zero-order valence-electron chi connectivity index (χ0n) is 9.54. The van der Waals surface area contributed by atoms with E-state index in [9.17, 15) is 13.2 Å². The van der Waals surface area contributed by atoms with Crippen LogP contribution in [0.5, 0.6) is 0 Å². The van der Waals surface area contributed by atoms with Crippen molar-refractivity contribution in [3.63, 3.8) is 0 Å². The molecule has 0 saturated carbocycles. The summed E-state index contributed by atoms with van der Waals surface area (Å²) >= 11 is 0. The summed E-state index contributed by atoms with van der Waals surface area (Å²) in [6, 6.07) is -0.325. The van der Waals surface area contributed by atoms with Crippen LogP contribution in [0, 0.1) is 0 Å². The van der Waals surface area contributed by atoms with Gasteiger partial charge in [0.05, 0.1) is 5.75 Å². The second-order valence-electron chi connectivity index (χ2n) is 3.66. The highest BCUT2D eigenvalue weighted by molar-refractivity contribution is 7.90. The van der Waals surface area contributed by atoms with Crippen LogP contribution in [-0.2, 0) is 14.6 Å². The van der Waals surface area contributed by atoms with Crippen molar-refractivity contribution in [1.29, 1.82) is 0 Å². The molecule has 0 rings (SSSR count). The Balaban J connectivity index is 3.77. The molecule has 0 aromatic rings. The van der Waals surface area contributed by atoms with Crippen LogP contribution in [-0.4, -0.2) is 45.5 Å². The SMILES string of the molecule is CCNCCC(=O)NC(C)CS(C)(=O)=O. The molecule has 90 valence electrons. The third kappa shape index (κ3) is 9.68. The lowest BCUT2D eigenvalue weighted by atomic mass is 10.3. The van der Waals surface area contributed by atoms with E-state index in [2.05, 4.69) is 10.6 Å². The van der Waals surface area contributed by atoms with Gasteiger partial charge in [-0.1, -0.05) is 6.92 Å². The summed E-state index contributed by atoms with van der Waals surface area (Å²) in [7, 11) is -3.02. The molecule has 0 saturated heterocycles.